The van der Waals surface area contributed by atoms with Gasteiger partial charge in [0.25, 0.3) is 0 Å². The van der Waals surface area contributed by atoms with Gasteiger partial charge in [-0.15, -0.1) is 22.6 Å². The third-order valence-electron chi connectivity index (χ3n) is 0.471. The quantitative estimate of drug-likeness (QED) is 0.631. The molecule has 3 N–H and O–H groups in total. The van der Waals surface area contributed by atoms with E-state index in [-0.39, 0.29) is 18.6 Å². The monoisotopic (exact) mass is 168 g/mol. The molecular weight excluding hydrogens is 163 g/mol. The molecule has 4 nitrogen and oxygen atoms in total. The van der Waals surface area contributed by atoms with Crippen molar-refractivity contribution in [3.8, 4) is 0 Å². The highest BCUT2D eigenvalue weighted by Crippen LogP contribution is 1.94. The van der Waals surface area contributed by atoms with E-state index >= 15 is 0 Å². The fraction of sp³-hybridized carbons (Fsp3) is 0. The van der Waals surface area contributed by atoms with E-state index < -0.39 is 0 Å². The number of nitrogens with zero attached hydrogens (tertiary/aromatic N) is 3. The van der Waals surface area contributed by atoms with Gasteiger partial charge in [-0.2, -0.15) is 0 Å². The molecular formula is C3H6Cl2N4. The van der Waals surface area contributed by atoms with Crippen molar-refractivity contribution in [3.05, 3.63) is 17.4 Å². The Bertz CT molecular complexity index is 144. The van der Waals surface area contributed by atoms with Crippen LogP contribution in [-0.2, 0) is 0 Å². The Morgan fingerprint density at radius 2 is 2.11 bits per heavy atom. The number of halogens is 2. The molecule has 0 aliphatic carbocycles. The summed E-state index contributed by atoms with van der Waals surface area (Å²) in [5.41, 5.74) is 0. The first-order chi connectivity index (χ1) is 3.39. The largest absolute Gasteiger partial charge is 0.344 e. The Hall–Kier alpha value is -0.450. The summed E-state index contributed by atoms with van der Waals surface area (Å²) in [6, 6.07) is 1.56. The van der Waals surface area contributed by atoms with E-state index in [9.17, 15) is 0 Å². The average Bonchev–Trinajstić information content (AvgIpc) is 1.69. The maximum Gasteiger partial charge on any atom is 0.155 e. The SMILES string of the molecule is Cl.Clc1ccnnn1.N. The number of aromatic nitrogens is 3. The molecule has 9 heavy (non-hydrogen) atoms. The number of hydrogen-bond acceptors (Lipinski definition) is 4. The minimum absolute atomic E-state index is 0. The van der Waals surface area contributed by atoms with Gasteiger partial charge in [0, 0.05) is 0 Å². The van der Waals surface area contributed by atoms with E-state index in [1.54, 1.807) is 6.07 Å². The predicted octanol–water partition coefficient (Wildman–Crippen LogP) is 1.11. The zero-order valence-electron chi connectivity index (χ0n) is 4.49. The first-order valence-corrected chi connectivity index (χ1v) is 2.07. The molecule has 0 saturated carbocycles. The van der Waals surface area contributed by atoms with Crippen molar-refractivity contribution >= 4 is 24.0 Å². The standard InChI is InChI=1S/C3H2ClN3.ClH.H3N/c4-3-1-2-5-7-6-3;;/h1-2H;1H;1H3. The van der Waals surface area contributed by atoms with Crippen molar-refractivity contribution in [1.29, 1.82) is 0 Å². The minimum Gasteiger partial charge on any atom is -0.344 e. The van der Waals surface area contributed by atoms with Crippen LogP contribution < -0.4 is 6.15 Å². The summed E-state index contributed by atoms with van der Waals surface area (Å²) in [6.07, 6.45) is 1.48. The van der Waals surface area contributed by atoms with Crippen molar-refractivity contribution in [2.75, 3.05) is 0 Å². The molecule has 0 saturated heterocycles. The third kappa shape index (κ3) is 4.08. The smallest absolute Gasteiger partial charge is 0.155 e. The normalized spacial score (nSPS) is 6.78. The highest BCUT2D eigenvalue weighted by molar-refractivity contribution is 6.29. The molecule has 0 bridgehead atoms. The molecule has 1 aromatic rings. The molecule has 0 unspecified atom stereocenters. The summed E-state index contributed by atoms with van der Waals surface area (Å²) in [6.45, 7) is 0. The lowest BCUT2D eigenvalue weighted by atomic mass is 10.7. The van der Waals surface area contributed by atoms with Gasteiger partial charge in [-0.05, 0) is 11.3 Å². The van der Waals surface area contributed by atoms with Crippen molar-refractivity contribution in [1.82, 2.24) is 21.6 Å². The van der Waals surface area contributed by atoms with Crippen LogP contribution in [0.25, 0.3) is 0 Å². The highest BCUT2D eigenvalue weighted by atomic mass is 35.5. The van der Waals surface area contributed by atoms with Gasteiger partial charge in [0.1, 0.15) is 0 Å². The van der Waals surface area contributed by atoms with Crippen LogP contribution in [0, 0.1) is 0 Å². The van der Waals surface area contributed by atoms with Crippen molar-refractivity contribution < 1.29 is 0 Å². The first kappa shape index (κ1) is 11.4. The van der Waals surface area contributed by atoms with E-state index in [1.165, 1.54) is 6.20 Å². The molecule has 0 amide bonds. The number of rotatable bonds is 0. The zero-order valence-corrected chi connectivity index (χ0v) is 6.06. The Labute approximate surface area is 63.6 Å². The molecule has 0 aromatic carbocycles. The molecule has 1 aromatic heterocycles. The Kier molecular flexibility index (Phi) is 7.17. The second-order valence-electron chi connectivity index (χ2n) is 0.943. The molecule has 0 atom stereocenters. The van der Waals surface area contributed by atoms with E-state index in [0.29, 0.717) is 5.15 Å². The van der Waals surface area contributed by atoms with E-state index in [4.69, 9.17) is 11.6 Å². The lowest BCUT2D eigenvalue weighted by Crippen LogP contribution is -1.81. The van der Waals surface area contributed by atoms with Gasteiger partial charge in [0.2, 0.25) is 0 Å². The molecule has 0 radical (unpaired) electrons. The van der Waals surface area contributed by atoms with Crippen LogP contribution in [0.5, 0.6) is 0 Å². The van der Waals surface area contributed by atoms with Gasteiger partial charge in [0.05, 0.1) is 6.20 Å². The average molecular weight is 169 g/mol. The van der Waals surface area contributed by atoms with Gasteiger partial charge in [-0.25, -0.2) is 0 Å². The Morgan fingerprint density at radius 3 is 2.33 bits per heavy atom. The molecule has 52 valence electrons. The molecule has 0 aliphatic heterocycles. The van der Waals surface area contributed by atoms with Crippen molar-refractivity contribution in [2.24, 2.45) is 0 Å². The summed E-state index contributed by atoms with van der Waals surface area (Å²) < 4.78 is 0. The predicted molar refractivity (Wildman–Crippen MR) is 37.1 cm³/mol. The van der Waals surface area contributed by atoms with Crippen LogP contribution in [0.15, 0.2) is 12.3 Å². The summed E-state index contributed by atoms with van der Waals surface area (Å²) in [7, 11) is 0. The van der Waals surface area contributed by atoms with Gasteiger partial charge in [-0.3, -0.25) is 0 Å². The molecule has 0 spiro atoms. The lowest BCUT2D eigenvalue weighted by Gasteiger charge is -1.76. The summed E-state index contributed by atoms with van der Waals surface area (Å²) >= 11 is 5.33. The van der Waals surface area contributed by atoms with Crippen molar-refractivity contribution in [3.63, 3.8) is 0 Å². The fourth-order valence-corrected chi connectivity index (χ4v) is 0.317. The van der Waals surface area contributed by atoms with E-state index in [0.717, 1.165) is 0 Å². The van der Waals surface area contributed by atoms with Crippen LogP contribution in [0.1, 0.15) is 0 Å². The highest BCUT2D eigenvalue weighted by Gasteiger charge is 1.79. The van der Waals surface area contributed by atoms with Gasteiger partial charge in [-0.1, -0.05) is 11.6 Å². The van der Waals surface area contributed by atoms with E-state index in [1.807, 2.05) is 0 Å². The van der Waals surface area contributed by atoms with Crippen LogP contribution in [0.2, 0.25) is 5.15 Å². The maximum absolute atomic E-state index is 5.33. The van der Waals surface area contributed by atoms with Gasteiger partial charge >= 0.3 is 0 Å². The summed E-state index contributed by atoms with van der Waals surface area (Å²) in [4.78, 5) is 0. The minimum atomic E-state index is 0. The van der Waals surface area contributed by atoms with Gasteiger partial charge < -0.3 is 6.15 Å². The van der Waals surface area contributed by atoms with Crippen molar-refractivity contribution in [2.45, 2.75) is 0 Å². The summed E-state index contributed by atoms with van der Waals surface area (Å²) in [5, 5.41) is 10.4. The number of hydrogen-bond donors (Lipinski definition) is 1. The maximum atomic E-state index is 5.33. The Morgan fingerprint density at radius 1 is 1.44 bits per heavy atom. The lowest BCUT2D eigenvalue weighted by molar-refractivity contribution is 0.865. The van der Waals surface area contributed by atoms with Crippen LogP contribution >= 0.6 is 24.0 Å². The topological polar surface area (TPSA) is 73.7 Å². The molecule has 1 heterocycles. The molecule has 0 fully saturated rings. The van der Waals surface area contributed by atoms with Gasteiger partial charge in [0.15, 0.2) is 5.15 Å². The second-order valence-corrected chi connectivity index (χ2v) is 1.33. The molecule has 1 rings (SSSR count). The summed E-state index contributed by atoms with van der Waals surface area (Å²) in [5.74, 6) is 0. The first-order valence-electron chi connectivity index (χ1n) is 1.69. The zero-order chi connectivity index (χ0) is 5.11. The van der Waals surface area contributed by atoms with Crippen LogP contribution in [0.3, 0.4) is 0 Å². The van der Waals surface area contributed by atoms with Crippen LogP contribution in [0.4, 0.5) is 0 Å². The Balaban J connectivity index is 0. The molecule has 6 heteroatoms. The molecule has 0 aliphatic rings. The third-order valence-corrected chi connectivity index (χ3v) is 0.672. The second kappa shape index (κ2) is 5.68. The van der Waals surface area contributed by atoms with Crippen LogP contribution in [-0.4, -0.2) is 15.4 Å². The van der Waals surface area contributed by atoms with E-state index in [2.05, 4.69) is 15.4 Å². The fourth-order valence-electron chi connectivity index (χ4n) is 0.227.